The molecule has 0 radical (unpaired) electrons. The Balaban J connectivity index is 1.25. The summed E-state index contributed by atoms with van der Waals surface area (Å²) in [5, 5.41) is 2.68. The molecule has 7 rings (SSSR count). The van der Waals surface area contributed by atoms with Gasteiger partial charge in [0.1, 0.15) is 48.0 Å². The van der Waals surface area contributed by atoms with Gasteiger partial charge in [-0.2, -0.15) is 4.98 Å². The molecule has 1 amide bonds. The molecule has 1 aliphatic rings. The highest BCUT2D eigenvalue weighted by Crippen LogP contribution is 2.43. The summed E-state index contributed by atoms with van der Waals surface area (Å²) in [6.45, 7) is 0. The maximum Gasteiger partial charge on any atom is 0.351 e. The standard InChI is InChI=1S/C44H39N3O8/c1-51-34-22-18-30(19-23-34)39(31-20-24-35(52-2)25-21-31)55-40(29-12-6-3-7-13-29)41-36(53-43(49)33-16-10-5-11-17-33)28-38(54-41)47-27-26-37(46-44(47)50)45-42(48)32-14-8-4-9-15-32/h3-27,36,38-41H,28H2,1-2H3,(H,45,46,48,50). The van der Waals surface area contributed by atoms with Crippen LogP contribution in [-0.2, 0) is 14.2 Å². The number of carbonyl (C=O) groups is 2. The molecule has 5 aromatic carbocycles. The summed E-state index contributed by atoms with van der Waals surface area (Å²) in [5.41, 5.74) is 2.59. The fourth-order valence-electron chi connectivity index (χ4n) is 6.52. The van der Waals surface area contributed by atoms with Crippen LogP contribution in [0.2, 0.25) is 0 Å². The zero-order valence-electron chi connectivity index (χ0n) is 30.2. The van der Waals surface area contributed by atoms with E-state index in [1.165, 1.54) is 16.8 Å². The number of hydrogen-bond donors (Lipinski definition) is 1. The number of rotatable bonds is 13. The van der Waals surface area contributed by atoms with Crippen molar-refractivity contribution in [3.63, 3.8) is 0 Å². The van der Waals surface area contributed by atoms with Crippen LogP contribution in [0.3, 0.4) is 0 Å². The molecular weight excluding hydrogens is 698 g/mol. The second kappa shape index (κ2) is 17.1. The predicted octanol–water partition coefficient (Wildman–Crippen LogP) is 7.57. The van der Waals surface area contributed by atoms with Crippen LogP contribution in [0.4, 0.5) is 5.82 Å². The summed E-state index contributed by atoms with van der Waals surface area (Å²) >= 11 is 0. The molecule has 4 unspecified atom stereocenters. The van der Waals surface area contributed by atoms with Crippen molar-refractivity contribution in [2.75, 3.05) is 19.5 Å². The van der Waals surface area contributed by atoms with Crippen molar-refractivity contribution in [1.82, 2.24) is 9.55 Å². The molecule has 1 fully saturated rings. The molecule has 55 heavy (non-hydrogen) atoms. The highest BCUT2D eigenvalue weighted by Gasteiger charge is 2.46. The lowest BCUT2D eigenvalue weighted by Crippen LogP contribution is -2.35. The third-order valence-electron chi connectivity index (χ3n) is 9.35. The largest absolute Gasteiger partial charge is 0.497 e. The lowest BCUT2D eigenvalue weighted by atomic mass is 9.97. The number of methoxy groups -OCH3 is 2. The summed E-state index contributed by atoms with van der Waals surface area (Å²) in [7, 11) is 3.22. The number of benzene rings is 5. The molecule has 0 spiro atoms. The quantitative estimate of drug-likeness (QED) is 0.119. The van der Waals surface area contributed by atoms with Gasteiger partial charge in [-0.1, -0.05) is 91.0 Å². The molecule has 4 atom stereocenters. The number of nitrogens with one attached hydrogen (secondary N) is 1. The number of carbonyl (C=O) groups excluding carboxylic acids is 2. The van der Waals surface area contributed by atoms with Crippen LogP contribution in [0.15, 0.2) is 157 Å². The number of hydrogen-bond acceptors (Lipinski definition) is 9. The fourth-order valence-corrected chi connectivity index (χ4v) is 6.52. The lowest BCUT2D eigenvalue weighted by molar-refractivity contribution is -0.126. The number of ether oxygens (including phenoxy) is 5. The molecule has 1 aliphatic heterocycles. The predicted molar refractivity (Wildman–Crippen MR) is 205 cm³/mol. The van der Waals surface area contributed by atoms with Crippen LogP contribution < -0.4 is 20.5 Å². The molecule has 278 valence electrons. The fraction of sp³-hybridized carbons (Fsp3) is 0.182. The zero-order valence-corrected chi connectivity index (χ0v) is 30.2. The molecule has 11 nitrogen and oxygen atoms in total. The van der Waals surface area contributed by atoms with Gasteiger partial charge >= 0.3 is 11.7 Å². The average molecular weight is 738 g/mol. The molecular formula is C44H39N3O8. The maximum absolute atomic E-state index is 13.6. The van der Waals surface area contributed by atoms with Crippen molar-refractivity contribution in [3.05, 3.63) is 190 Å². The number of aromatic nitrogens is 2. The van der Waals surface area contributed by atoms with Crippen molar-refractivity contribution in [1.29, 1.82) is 0 Å². The van der Waals surface area contributed by atoms with Crippen molar-refractivity contribution in [2.24, 2.45) is 0 Å². The van der Waals surface area contributed by atoms with E-state index in [1.807, 2.05) is 84.9 Å². The summed E-state index contributed by atoms with van der Waals surface area (Å²) in [4.78, 5) is 44.1. The highest BCUT2D eigenvalue weighted by atomic mass is 16.6. The molecule has 0 aliphatic carbocycles. The Kier molecular flexibility index (Phi) is 11.4. The second-order valence-corrected chi connectivity index (χ2v) is 12.8. The smallest absolute Gasteiger partial charge is 0.351 e. The number of esters is 1. The normalized spacial score (nSPS) is 17.0. The van der Waals surface area contributed by atoms with E-state index in [-0.39, 0.29) is 12.2 Å². The summed E-state index contributed by atoms with van der Waals surface area (Å²) in [6, 6.07) is 43.6. The van der Waals surface area contributed by atoms with E-state index in [9.17, 15) is 14.4 Å². The Labute approximate surface area is 318 Å². The summed E-state index contributed by atoms with van der Waals surface area (Å²) in [5.74, 6) is 0.524. The number of nitrogens with zero attached hydrogens (tertiary/aromatic N) is 2. The molecule has 6 aromatic rings. The van der Waals surface area contributed by atoms with E-state index >= 15 is 0 Å². The van der Waals surface area contributed by atoms with Crippen LogP contribution in [0.1, 0.15) is 62.3 Å². The van der Waals surface area contributed by atoms with Crippen molar-refractivity contribution in [3.8, 4) is 11.5 Å². The van der Waals surface area contributed by atoms with Gasteiger partial charge in [0.05, 0.1) is 19.8 Å². The first-order valence-electron chi connectivity index (χ1n) is 17.8. The Hall–Kier alpha value is -6.56. The minimum Gasteiger partial charge on any atom is -0.497 e. The van der Waals surface area contributed by atoms with E-state index in [0.29, 0.717) is 22.6 Å². The summed E-state index contributed by atoms with van der Waals surface area (Å²) < 4.78 is 32.3. The van der Waals surface area contributed by atoms with Gasteiger partial charge in [-0.25, -0.2) is 9.59 Å². The van der Waals surface area contributed by atoms with Crippen LogP contribution in [0, 0.1) is 0 Å². The third-order valence-corrected chi connectivity index (χ3v) is 9.35. The first kappa shape index (κ1) is 36.8. The minimum atomic E-state index is -0.896. The lowest BCUT2D eigenvalue weighted by Gasteiger charge is -2.32. The molecule has 0 saturated carbocycles. The van der Waals surface area contributed by atoms with Crippen LogP contribution >= 0.6 is 0 Å². The average Bonchev–Trinajstić information content (AvgIpc) is 3.64. The number of amides is 1. The van der Waals surface area contributed by atoms with Gasteiger partial charge in [-0.15, -0.1) is 0 Å². The van der Waals surface area contributed by atoms with Gasteiger partial charge in [0, 0.05) is 18.2 Å². The third kappa shape index (κ3) is 8.65. The van der Waals surface area contributed by atoms with Gasteiger partial charge in [0.15, 0.2) is 0 Å². The van der Waals surface area contributed by atoms with Gasteiger partial charge in [0.2, 0.25) is 0 Å². The van der Waals surface area contributed by atoms with Crippen molar-refractivity contribution in [2.45, 2.75) is 37.1 Å². The zero-order chi connectivity index (χ0) is 38.1. The van der Waals surface area contributed by atoms with E-state index < -0.39 is 48.2 Å². The van der Waals surface area contributed by atoms with E-state index in [0.717, 1.165) is 16.7 Å². The highest BCUT2D eigenvalue weighted by molar-refractivity contribution is 6.03. The van der Waals surface area contributed by atoms with Crippen LogP contribution in [0.25, 0.3) is 0 Å². The topological polar surface area (TPSA) is 127 Å². The van der Waals surface area contributed by atoms with Crippen LogP contribution in [0.5, 0.6) is 11.5 Å². The molecule has 1 saturated heterocycles. The Morgan fingerprint density at radius 3 is 1.80 bits per heavy atom. The Bertz CT molecular complexity index is 2200. The van der Waals surface area contributed by atoms with Crippen LogP contribution in [-0.4, -0.2) is 47.9 Å². The van der Waals surface area contributed by atoms with Gasteiger partial charge in [0.25, 0.3) is 5.91 Å². The van der Waals surface area contributed by atoms with Gasteiger partial charge in [-0.3, -0.25) is 9.36 Å². The van der Waals surface area contributed by atoms with Gasteiger partial charge in [-0.05, 0) is 71.3 Å². The molecule has 1 N–H and O–H groups in total. The van der Waals surface area contributed by atoms with Crippen molar-refractivity contribution >= 4 is 17.7 Å². The van der Waals surface area contributed by atoms with E-state index in [1.54, 1.807) is 68.8 Å². The maximum atomic E-state index is 13.6. The second-order valence-electron chi connectivity index (χ2n) is 12.8. The monoisotopic (exact) mass is 737 g/mol. The Morgan fingerprint density at radius 1 is 0.709 bits per heavy atom. The number of anilines is 1. The van der Waals surface area contributed by atoms with Gasteiger partial charge < -0.3 is 29.0 Å². The van der Waals surface area contributed by atoms with Crippen molar-refractivity contribution < 1.29 is 33.3 Å². The summed E-state index contributed by atoms with van der Waals surface area (Å²) in [6.07, 6.45) is -2.44. The Morgan fingerprint density at radius 2 is 1.25 bits per heavy atom. The molecule has 2 heterocycles. The first-order valence-corrected chi connectivity index (χ1v) is 17.8. The minimum absolute atomic E-state index is 0.0871. The SMILES string of the molecule is COc1ccc(C(OC(c2ccccc2)C2OC(n3ccc(NC(=O)c4ccccc4)nc3=O)CC2OC(=O)c2ccccc2)c2ccc(OC)cc2)cc1. The van der Waals surface area contributed by atoms with E-state index in [4.69, 9.17) is 23.7 Å². The first-order chi connectivity index (χ1) is 26.9. The molecule has 0 bridgehead atoms. The molecule has 1 aromatic heterocycles. The molecule has 11 heteroatoms. The van der Waals surface area contributed by atoms with E-state index in [2.05, 4.69) is 10.3 Å².